The van der Waals surface area contributed by atoms with Crippen LogP contribution in [0.2, 0.25) is 5.02 Å². The number of carbonyl (C=O) groups is 1. The molecule has 0 saturated carbocycles. The fourth-order valence-electron chi connectivity index (χ4n) is 4.99. The van der Waals surface area contributed by atoms with E-state index in [0.717, 1.165) is 59.8 Å². The zero-order valence-electron chi connectivity index (χ0n) is 23.4. The van der Waals surface area contributed by atoms with Gasteiger partial charge in [0, 0.05) is 27.1 Å². The minimum atomic E-state index is -0.914. The van der Waals surface area contributed by atoms with Crippen molar-refractivity contribution in [3.8, 4) is 0 Å². The third-order valence-corrected chi connectivity index (χ3v) is 9.09. The van der Waals surface area contributed by atoms with Crippen LogP contribution in [0.1, 0.15) is 66.8 Å². The number of pyridine rings is 1. The van der Waals surface area contributed by atoms with Crippen LogP contribution in [-0.2, 0) is 29.7 Å². The van der Waals surface area contributed by atoms with Crippen LogP contribution in [0.5, 0.6) is 0 Å². The molecule has 210 valence electrons. The summed E-state index contributed by atoms with van der Waals surface area (Å²) in [7, 11) is 0. The Labute approximate surface area is 246 Å². The van der Waals surface area contributed by atoms with Crippen LogP contribution >= 0.6 is 23.4 Å². The van der Waals surface area contributed by atoms with Crippen LogP contribution in [0.3, 0.4) is 0 Å². The molecule has 2 unspecified atom stereocenters. The van der Waals surface area contributed by atoms with Gasteiger partial charge in [0.15, 0.2) is 0 Å². The standard InChI is InChI=1S/C34H38ClNO3S/c1-23(33(37)38)22-40-32(19-16-25-10-4-5-13-30(25)34(2,3)39)27-11-6-8-24(20-27)9-7-12-29-18-15-26-14-17-28(35)21-31(26)36-29/h4-6,8,10-11,13-15,17-18,20-21,23,32,39H,7,9,12,16,19,22H2,1-3H3,(H,37,38). The van der Waals surface area contributed by atoms with E-state index in [1.54, 1.807) is 18.7 Å². The van der Waals surface area contributed by atoms with Gasteiger partial charge >= 0.3 is 5.97 Å². The quantitative estimate of drug-likeness (QED) is 0.167. The predicted octanol–water partition coefficient (Wildman–Crippen LogP) is 8.42. The molecule has 0 saturated heterocycles. The van der Waals surface area contributed by atoms with E-state index in [0.29, 0.717) is 10.8 Å². The second-order valence-electron chi connectivity index (χ2n) is 11.1. The number of aliphatic hydroxyl groups is 1. The molecule has 6 heteroatoms. The fraction of sp³-hybridized carbons (Fsp3) is 0.353. The third kappa shape index (κ3) is 8.33. The van der Waals surface area contributed by atoms with E-state index < -0.39 is 17.5 Å². The lowest BCUT2D eigenvalue weighted by atomic mass is 9.90. The van der Waals surface area contributed by atoms with Gasteiger partial charge in [-0.05, 0) is 86.4 Å². The van der Waals surface area contributed by atoms with Crippen LogP contribution < -0.4 is 0 Å². The molecule has 0 aliphatic carbocycles. The number of aryl methyl sites for hydroxylation is 3. The van der Waals surface area contributed by atoms with Gasteiger partial charge in [-0.2, -0.15) is 11.8 Å². The van der Waals surface area contributed by atoms with Crippen LogP contribution in [-0.4, -0.2) is 26.9 Å². The van der Waals surface area contributed by atoms with Crippen LogP contribution in [0.25, 0.3) is 10.9 Å². The Morgan fingerprint density at radius 3 is 2.52 bits per heavy atom. The van der Waals surface area contributed by atoms with Crippen molar-refractivity contribution >= 4 is 40.2 Å². The number of thioether (sulfide) groups is 1. The lowest BCUT2D eigenvalue weighted by Crippen LogP contribution is -2.18. The molecule has 1 aromatic heterocycles. The van der Waals surface area contributed by atoms with Crippen molar-refractivity contribution in [3.05, 3.63) is 112 Å². The minimum absolute atomic E-state index is 0.156. The highest BCUT2D eigenvalue weighted by atomic mass is 35.5. The topological polar surface area (TPSA) is 70.4 Å². The summed E-state index contributed by atoms with van der Waals surface area (Å²) in [4.78, 5) is 16.3. The zero-order chi connectivity index (χ0) is 28.7. The lowest BCUT2D eigenvalue weighted by molar-refractivity contribution is -0.140. The first-order valence-corrected chi connectivity index (χ1v) is 15.3. The normalized spacial score (nSPS) is 13.3. The predicted molar refractivity (Wildman–Crippen MR) is 167 cm³/mol. The highest BCUT2D eigenvalue weighted by molar-refractivity contribution is 7.99. The number of aromatic nitrogens is 1. The second kappa shape index (κ2) is 13.7. The molecule has 0 bridgehead atoms. The van der Waals surface area contributed by atoms with Gasteiger partial charge < -0.3 is 10.2 Å². The summed E-state index contributed by atoms with van der Waals surface area (Å²) in [5.41, 5.74) is 5.64. The SMILES string of the molecule is CC(CSC(CCc1ccccc1C(C)(C)O)c1cccc(CCCc2ccc3ccc(Cl)cc3n2)c1)C(=O)O. The molecule has 4 aromatic rings. The minimum Gasteiger partial charge on any atom is -0.481 e. The van der Waals surface area contributed by atoms with E-state index in [4.69, 9.17) is 16.6 Å². The smallest absolute Gasteiger partial charge is 0.307 e. The summed E-state index contributed by atoms with van der Waals surface area (Å²) in [5, 5.41) is 22.1. The Kier molecular flexibility index (Phi) is 10.3. The maximum atomic E-state index is 11.5. The maximum Gasteiger partial charge on any atom is 0.307 e. The number of carboxylic acids is 1. The van der Waals surface area contributed by atoms with Crippen LogP contribution in [0.4, 0.5) is 0 Å². The molecule has 40 heavy (non-hydrogen) atoms. The molecule has 0 radical (unpaired) electrons. The first-order chi connectivity index (χ1) is 19.1. The molecule has 4 nitrogen and oxygen atoms in total. The molecule has 0 spiro atoms. The fourth-order valence-corrected chi connectivity index (χ4v) is 6.45. The van der Waals surface area contributed by atoms with Gasteiger partial charge in [-0.1, -0.05) is 79.2 Å². The van der Waals surface area contributed by atoms with Gasteiger partial charge in [0.05, 0.1) is 17.0 Å². The summed E-state index contributed by atoms with van der Waals surface area (Å²) < 4.78 is 0. The number of hydrogen-bond acceptors (Lipinski definition) is 4. The highest BCUT2D eigenvalue weighted by Gasteiger charge is 2.22. The average Bonchev–Trinajstić information content (AvgIpc) is 2.92. The van der Waals surface area contributed by atoms with Crippen molar-refractivity contribution in [2.75, 3.05) is 5.75 Å². The van der Waals surface area contributed by atoms with E-state index in [1.807, 2.05) is 50.2 Å². The summed E-state index contributed by atoms with van der Waals surface area (Å²) in [6, 6.07) is 26.7. The Morgan fingerprint density at radius 1 is 0.975 bits per heavy atom. The number of nitrogens with zero attached hydrogens (tertiary/aromatic N) is 1. The molecular weight excluding hydrogens is 538 g/mol. The van der Waals surface area contributed by atoms with Crippen molar-refractivity contribution in [1.29, 1.82) is 0 Å². The van der Waals surface area contributed by atoms with Crippen LogP contribution in [0, 0.1) is 5.92 Å². The van der Waals surface area contributed by atoms with E-state index in [2.05, 4.69) is 42.5 Å². The van der Waals surface area contributed by atoms with Crippen molar-refractivity contribution in [3.63, 3.8) is 0 Å². The number of halogens is 1. The number of rotatable bonds is 13. The number of benzene rings is 3. The van der Waals surface area contributed by atoms with E-state index >= 15 is 0 Å². The van der Waals surface area contributed by atoms with Gasteiger partial charge in [0.1, 0.15) is 0 Å². The summed E-state index contributed by atoms with van der Waals surface area (Å²) in [6.45, 7) is 5.40. The maximum absolute atomic E-state index is 11.5. The third-order valence-electron chi connectivity index (χ3n) is 7.25. The van der Waals surface area contributed by atoms with E-state index in [1.165, 1.54) is 11.1 Å². The Morgan fingerprint density at radius 2 is 1.75 bits per heavy atom. The van der Waals surface area contributed by atoms with Crippen molar-refractivity contribution < 1.29 is 15.0 Å². The van der Waals surface area contributed by atoms with Gasteiger partial charge in [-0.3, -0.25) is 9.78 Å². The number of hydrogen-bond donors (Lipinski definition) is 2. The monoisotopic (exact) mass is 575 g/mol. The summed E-state index contributed by atoms with van der Waals surface area (Å²) in [6.07, 6.45) is 4.47. The lowest BCUT2D eigenvalue weighted by Gasteiger charge is -2.24. The molecular formula is C34H38ClNO3S. The Balaban J connectivity index is 1.45. The Hall–Kier alpha value is -2.86. The van der Waals surface area contributed by atoms with E-state index in [9.17, 15) is 15.0 Å². The van der Waals surface area contributed by atoms with Crippen LogP contribution in [0.15, 0.2) is 78.9 Å². The summed E-state index contributed by atoms with van der Waals surface area (Å²) in [5.74, 6) is -0.629. The molecule has 0 amide bonds. The van der Waals surface area contributed by atoms with Gasteiger partial charge in [0.25, 0.3) is 0 Å². The number of carboxylic acid groups (broad SMARTS) is 1. The average molecular weight is 576 g/mol. The molecule has 2 atom stereocenters. The van der Waals surface area contributed by atoms with Crippen molar-refractivity contribution in [1.82, 2.24) is 4.98 Å². The van der Waals surface area contributed by atoms with E-state index in [-0.39, 0.29) is 5.25 Å². The Bertz CT molecular complexity index is 1450. The molecule has 1 heterocycles. The first kappa shape index (κ1) is 30.1. The molecule has 4 rings (SSSR count). The molecule has 3 aromatic carbocycles. The highest BCUT2D eigenvalue weighted by Crippen LogP contribution is 2.36. The molecule has 0 aliphatic heterocycles. The van der Waals surface area contributed by atoms with Gasteiger partial charge in [-0.15, -0.1) is 0 Å². The number of aliphatic carboxylic acids is 1. The molecule has 0 fully saturated rings. The van der Waals surface area contributed by atoms with Crippen molar-refractivity contribution in [2.24, 2.45) is 5.92 Å². The molecule has 0 aliphatic rings. The molecule has 2 N–H and O–H groups in total. The second-order valence-corrected chi connectivity index (χ2v) is 12.7. The van der Waals surface area contributed by atoms with Crippen molar-refractivity contribution in [2.45, 2.75) is 63.7 Å². The van der Waals surface area contributed by atoms with Gasteiger partial charge in [-0.25, -0.2) is 0 Å². The first-order valence-electron chi connectivity index (χ1n) is 13.9. The van der Waals surface area contributed by atoms with Gasteiger partial charge in [0.2, 0.25) is 0 Å². The zero-order valence-corrected chi connectivity index (χ0v) is 25.0. The number of fused-ring (bicyclic) bond motifs is 1. The summed E-state index contributed by atoms with van der Waals surface area (Å²) >= 11 is 7.86. The largest absolute Gasteiger partial charge is 0.481 e.